The van der Waals surface area contributed by atoms with Crippen LogP contribution in [-0.2, 0) is 16.1 Å². The normalized spacial score (nSPS) is 21.4. The maximum Gasteiger partial charge on any atom is 0.222 e. The molecule has 1 aromatic rings. The summed E-state index contributed by atoms with van der Waals surface area (Å²) in [5.41, 5.74) is 1.14. The fourth-order valence-electron chi connectivity index (χ4n) is 2.59. The van der Waals surface area contributed by atoms with Gasteiger partial charge in [0.15, 0.2) is 0 Å². The molecule has 20 heavy (non-hydrogen) atoms. The number of rotatable bonds is 6. The molecule has 3 nitrogen and oxygen atoms in total. The summed E-state index contributed by atoms with van der Waals surface area (Å²) in [5.74, 6) is 0.724. The molecule has 1 fully saturated rings. The Balaban J connectivity index is 1.77. The van der Waals surface area contributed by atoms with Crippen molar-refractivity contribution in [2.24, 2.45) is 5.92 Å². The van der Waals surface area contributed by atoms with E-state index in [1.807, 2.05) is 43.1 Å². The average Bonchev–Trinajstić information content (AvgIpc) is 2.38. The van der Waals surface area contributed by atoms with Gasteiger partial charge in [-0.05, 0) is 37.3 Å². The molecule has 1 saturated carbocycles. The molecule has 0 aliphatic heterocycles. The first-order valence-electron chi connectivity index (χ1n) is 7.19. The molecule has 0 aromatic heterocycles. The zero-order valence-electron chi connectivity index (χ0n) is 12.1. The molecule has 0 heterocycles. The molecular formula is C16H22BrNO2. The standard InChI is InChI=1S/C16H22BrNO2/c1-3-20-14-8-12(9-14)10-16(19)18(2)11-13-6-4-5-7-15(13)17/h4-7,12,14H,3,8-11H2,1-2H3. The van der Waals surface area contributed by atoms with Gasteiger partial charge in [-0.3, -0.25) is 4.79 Å². The van der Waals surface area contributed by atoms with Crippen LogP contribution in [0.2, 0.25) is 0 Å². The first kappa shape index (κ1) is 15.5. The lowest BCUT2D eigenvalue weighted by atomic mass is 9.80. The van der Waals surface area contributed by atoms with E-state index >= 15 is 0 Å². The second-order valence-electron chi connectivity index (χ2n) is 5.46. The van der Waals surface area contributed by atoms with Crippen molar-refractivity contribution in [1.29, 1.82) is 0 Å². The van der Waals surface area contributed by atoms with Crippen molar-refractivity contribution in [1.82, 2.24) is 4.90 Å². The number of ether oxygens (including phenoxy) is 1. The number of carbonyl (C=O) groups excluding carboxylic acids is 1. The number of amides is 1. The minimum atomic E-state index is 0.223. The van der Waals surface area contributed by atoms with Crippen molar-refractivity contribution in [3.8, 4) is 0 Å². The molecule has 1 amide bonds. The van der Waals surface area contributed by atoms with E-state index in [0.29, 0.717) is 25.0 Å². The van der Waals surface area contributed by atoms with Crippen molar-refractivity contribution < 1.29 is 9.53 Å². The monoisotopic (exact) mass is 339 g/mol. The minimum absolute atomic E-state index is 0.223. The van der Waals surface area contributed by atoms with Crippen molar-refractivity contribution in [2.75, 3.05) is 13.7 Å². The van der Waals surface area contributed by atoms with Crippen LogP contribution in [0.5, 0.6) is 0 Å². The Bertz CT molecular complexity index is 458. The van der Waals surface area contributed by atoms with Gasteiger partial charge in [0.05, 0.1) is 6.10 Å². The van der Waals surface area contributed by atoms with Crippen molar-refractivity contribution in [3.63, 3.8) is 0 Å². The first-order valence-corrected chi connectivity index (χ1v) is 7.98. The fourth-order valence-corrected chi connectivity index (χ4v) is 3.00. The van der Waals surface area contributed by atoms with E-state index in [1.165, 1.54) is 0 Å². The Morgan fingerprint density at radius 2 is 2.10 bits per heavy atom. The summed E-state index contributed by atoms with van der Waals surface area (Å²) in [4.78, 5) is 14.0. The topological polar surface area (TPSA) is 29.5 Å². The lowest BCUT2D eigenvalue weighted by Crippen LogP contribution is -2.36. The lowest BCUT2D eigenvalue weighted by molar-refractivity contribution is -0.133. The van der Waals surface area contributed by atoms with E-state index in [0.717, 1.165) is 29.5 Å². The first-order chi connectivity index (χ1) is 9.60. The van der Waals surface area contributed by atoms with Crippen molar-refractivity contribution in [2.45, 2.75) is 38.8 Å². The van der Waals surface area contributed by atoms with Gasteiger partial charge < -0.3 is 9.64 Å². The summed E-state index contributed by atoms with van der Waals surface area (Å²) in [6.07, 6.45) is 3.08. The highest BCUT2D eigenvalue weighted by atomic mass is 79.9. The van der Waals surface area contributed by atoms with Gasteiger partial charge >= 0.3 is 0 Å². The largest absolute Gasteiger partial charge is 0.378 e. The fraction of sp³-hybridized carbons (Fsp3) is 0.562. The number of hydrogen-bond donors (Lipinski definition) is 0. The minimum Gasteiger partial charge on any atom is -0.378 e. The third-order valence-electron chi connectivity index (χ3n) is 3.85. The molecule has 0 spiro atoms. The summed E-state index contributed by atoms with van der Waals surface area (Å²) >= 11 is 3.52. The van der Waals surface area contributed by atoms with E-state index in [2.05, 4.69) is 15.9 Å². The van der Waals surface area contributed by atoms with Crippen LogP contribution < -0.4 is 0 Å². The van der Waals surface area contributed by atoms with Crippen LogP contribution in [0, 0.1) is 5.92 Å². The van der Waals surface area contributed by atoms with Gasteiger partial charge in [0.1, 0.15) is 0 Å². The number of halogens is 1. The second kappa shape index (κ2) is 7.23. The summed E-state index contributed by atoms with van der Waals surface area (Å²) in [5, 5.41) is 0. The van der Waals surface area contributed by atoms with Gasteiger partial charge in [-0.2, -0.15) is 0 Å². The molecular weight excluding hydrogens is 318 g/mol. The van der Waals surface area contributed by atoms with Gasteiger partial charge in [-0.25, -0.2) is 0 Å². The highest BCUT2D eigenvalue weighted by Crippen LogP contribution is 2.33. The zero-order chi connectivity index (χ0) is 14.5. The van der Waals surface area contributed by atoms with Gasteiger partial charge in [-0.1, -0.05) is 34.1 Å². The highest BCUT2D eigenvalue weighted by Gasteiger charge is 2.31. The van der Waals surface area contributed by atoms with Crippen LogP contribution in [0.1, 0.15) is 31.7 Å². The summed E-state index contributed by atoms with van der Waals surface area (Å²) < 4.78 is 6.59. The van der Waals surface area contributed by atoms with Gasteiger partial charge in [0, 0.05) is 31.1 Å². The van der Waals surface area contributed by atoms with Crippen LogP contribution in [0.25, 0.3) is 0 Å². The predicted octanol–water partition coefficient (Wildman–Crippen LogP) is 3.61. The van der Waals surface area contributed by atoms with Gasteiger partial charge in [0.25, 0.3) is 0 Å². The molecule has 0 bridgehead atoms. The smallest absolute Gasteiger partial charge is 0.222 e. The van der Waals surface area contributed by atoms with Crippen LogP contribution in [0.15, 0.2) is 28.7 Å². The molecule has 1 aliphatic carbocycles. The van der Waals surface area contributed by atoms with Crippen molar-refractivity contribution >= 4 is 21.8 Å². The molecule has 2 rings (SSSR count). The molecule has 0 saturated heterocycles. The second-order valence-corrected chi connectivity index (χ2v) is 6.31. The van der Waals surface area contributed by atoms with E-state index < -0.39 is 0 Å². The number of hydrogen-bond acceptors (Lipinski definition) is 2. The third-order valence-corrected chi connectivity index (χ3v) is 4.62. The molecule has 4 heteroatoms. The van der Waals surface area contributed by atoms with E-state index in [1.54, 1.807) is 0 Å². The van der Waals surface area contributed by atoms with Crippen LogP contribution in [0.3, 0.4) is 0 Å². The molecule has 110 valence electrons. The third kappa shape index (κ3) is 4.06. The van der Waals surface area contributed by atoms with Crippen LogP contribution >= 0.6 is 15.9 Å². The number of nitrogens with zero attached hydrogens (tertiary/aromatic N) is 1. The Labute approximate surface area is 129 Å². The molecule has 0 radical (unpaired) electrons. The average molecular weight is 340 g/mol. The summed E-state index contributed by atoms with van der Waals surface area (Å²) in [7, 11) is 1.88. The highest BCUT2D eigenvalue weighted by molar-refractivity contribution is 9.10. The molecule has 0 unspecified atom stereocenters. The molecule has 1 aromatic carbocycles. The molecule has 1 aliphatic rings. The van der Waals surface area contributed by atoms with Gasteiger partial charge in [0.2, 0.25) is 5.91 Å². The Morgan fingerprint density at radius 3 is 2.75 bits per heavy atom. The maximum absolute atomic E-state index is 12.2. The Kier molecular flexibility index (Phi) is 5.61. The van der Waals surface area contributed by atoms with E-state index in [4.69, 9.17) is 4.74 Å². The van der Waals surface area contributed by atoms with E-state index in [9.17, 15) is 4.79 Å². The SMILES string of the molecule is CCOC1CC(CC(=O)N(C)Cc2ccccc2Br)C1. The van der Waals surface area contributed by atoms with Gasteiger partial charge in [-0.15, -0.1) is 0 Å². The number of benzene rings is 1. The van der Waals surface area contributed by atoms with Crippen LogP contribution in [0.4, 0.5) is 0 Å². The number of carbonyl (C=O) groups is 1. The Hall–Kier alpha value is -0.870. The van der Waals surface area contributed by atoms with Crippen molar-refractivity contribution in [3.05, 3.63) is 34.3 Å². The van der Waals surface area contributed by atoms with E-state index in [-0.39, 0.29) is 5.91 Å². The molecule has 0 atom stereocenters. The lowest BCUT2D eigenvalue weighted by Gasteiger charge is -2.35. The summed E-state index contributed by atoms with van der Waals surface area (Å²) in [6.45, 7) is 3.44. The summed E-state index contributed by atoms with van der Waals surface area (Å²) in [6, 6.07) is 8.03. The van der Waals surface area contributed by atoms with Crippen LogP contribution in [-0.4, -0.2) is 30.6 Å². The zero-order valence-corrected chi connectivity index (χ0v) is 13.7. The maximum atomic E-state index is 12.2. The predicted molar refractivity (Wildman–Crippen MR) is 83.4 cm³/mol. The molecule has 0 N–H and O–H groups in total. The quantitative estimate of drug-likeness (QED) is 0.792. The Morgan fingerprint density at radius 1 is 1.40 bits per heavy atom.